The lowest BCUT2D eigenvalue weighted by Crippen LogP contribution is -2.49. The number of carbonyl (C=O) groups is 2. The number of aliphatic carboxylic acids is 1. The second-order valence-corrected chi connectivity index (χ2v) is 6.65. The number of nitrogens with zero attached hydrogens (tertiary/aromatic N) is 1. The molecular weight excluding hydrogens is 322 g/mol. The Morgan fingerprint density at radius 3 is 2.82 bits per heavy atom. The molecule has 0 N–H and O–H groups in total. The summed E-state index contributed by atoms with van der Waals surface area (Å²) >= 11 is 6.25. The van der Waals surface area contributed by atoms with E-state index in [9.17, 15) is 14.7 Å². The standard InChI is InChI=1S/C15H17NO4S2/c1-3-4-5-11(14(18)19)16-13(17)12(22-15(16)21)8-10-7-6-9(2)20-10/h6-8,11H,3-5H2,1-2H3,(H,18,19)/p-1/t11-/m1/s1. The van der Waals surface area contributed by atoms with Gasteiger partial charge in [0, 0.05) is 6.08 Å². The summed E-state index contributed by atoms with van der Waals surface area (Å²) in [5.41, 5.74) is 0. The number of amides is 1. The van der Waals surface area contributed by atoms with Gasteiger partial charge in [0.25, 0.3) is 5.91 Å². The summed E-state index contributed by atoms with van der Waals surface area (Å²) in [5, 5.41) is 11.3. The number of rotatable bonds is 6. The minimum Gasteiger partial charge on any atom is -0.548 e. The Balaban J connectivity index is 2.23. The first-order valence-electron chi connectivity index (χ1n) is 6.98. The van der Waals surface area contributed by atoms with Gasteiger partial charge in [0.05, 0.1) is 16.9 Å². The summed E-state index contributed by atoms with van der Waals surface area (Å²) in [4.78, 5) is 25.3. The van der Waals surface area contributed by atoms with Crippen molar-refractivity contribution in [3.63, 3.8) is 0 Å². The number of furan rings is 1. The highest BCUT2D eigenvalue weighted by Crippen LogP contribution is 2.35. The molecule has 1 amide bonds. The van der Waals surface area contributed by atoms with E-state index in [-0.39, 0.29) is 4.32 Å². The average Bonchev–Trinajstić information content (AvgIpc) is 2.97. The number of carbonyl (C=O) groups excluding carboxylic acids is 2. The van der Waals surface area contributed by atoms with Gasteiger partial charge in [0.2, 0.25) is 0 Å². The smallest absolute Gasteiger partial charge is 0.266 e. The van der Waals surface area contributed by atoms with Crippen molar-refractivity contribution in [3.8, 4) is 0 Å². The molecule has 7 heteroatoms. The molecule has 0 unspecified atom stereocenters. The normalized spacial score (nSPS) is 18.3. The molecule has 0 saturated carbocycles. The highest BCUT2D eigenvalue weighted by molar-refractivity contribution is 8.26. The fraction of sp³-hybridized carbons (Fsp3) is 0.400. The zero-order chi connectivity index (χ0) is 16.3. The molecule has 0 radical (unpaired) electrons. The first kappa shape index (κ1) is 16.8. The van der Waals surface area contributed by atoms with Crippen molar-refractivity contribution < 1.29 is 19.1 Å². The Hall–Kier alpha value is -1.60. The molecule has 118 valence electrons. The van der Waals surface area contributed by atoms with Gasteiger partial charge in [-0.1, -0.05) is 43.7 Å². The second-order valence-electron chi connectivity index (χ2n) is 4.98. The van der Waals surface area contributed by atoms with Crippen molar-refractivity contribution in [1.29, 1.82) is 0 Å². The highest BCUT2D eigenvalue weighted by atomic mass is 32.2. The zero-order valence-corrected chi connectivity index (χ0v) is 14.0. The number of unbranched alkanes of at least 4 members (excludes halogenated alkanes) is 1. The Morgan fingerprint density at radius 2 is 2.27 bits per heavy atom. The van der Waals surface area contributed by atoms with Crippen molar-refractivity contribution in [3.05, 3.63) is 28.6 Å². The van der Waals surface area contributed by atoms with E-state index in [0.29, 0.717) is 23.5 Å². The number of hydrogen-bond acceptors (Lipinski definition) is 6. The monoisotopic (exact) mass is 338 g/mol. The molecule has 2 heterocycles. The molecule has 1 aliphatic heterocycles. The maximum absolute atomic E-state index is 12.5. The van der Waals surface area contributed by atoms with E-state index in [4.69, 9.17) is 16.6 Å². The maximum atomic E-state index is 12.5. The van der Waals surface area contributed by atoms with E-state index in [0.717, 1.165) is 28.8 Å². The van der Waals surface area contributed by atoms with Crippen molar-refractivity contribution in [2.24, 2.45) is 0 Å². The van der Waals surface area contributed by atoms with Crippen LogP contribution in [0.3, 0.4) is 0 Å². The van der Waals surface area contributed by atoms with Crippen LogP contribution < -0.4 is 5.11 Å². The van der Waals surface area contributed by atoms with E-state index < -0.39 is 17.9 Å². The van der Waals surface area contributed by atoms with Crippen molar-refractivity contribution in [2.75, 3.05) is 0 Å². The molecule has 22 heavy (non-hydrogen) atoms. The van der Waals surface area contributed by atoms with Crippen LogP contribution in [0.5, 0.6) is 0 Å². The Morgan fingerprint density at radius 1 is 1.55 bits per heavy atom. The molecule has 0 aromatic carbocycles. The SMILES string of the molecule is CCCC[C@H](C(=O)[O-])N1C(=O)C(=Cc2ccc(C)o2)SC1=S. The lowest BCUT2D eigenvalue weighted by molar-refractivity contribution is -0.310. The number of carboxylic acids is 1. The van der Waals surface area contributed by atoms with E-state index in [1.165, 1.54) is 0 Å². The number of thiocarbonyl (C=S) groups is 1. The van der Waals surface area contributed by atoms with Gasteiger partial charge >= 0.3 is 0 Å². The molecule has 1 aliphatic rings. The van der Waals surface area contributed by atoms with Crippen molar-refractivity contribution >= 4 is 46.3 Å². The number of hydrogen-bond donors (Lipinski definition) is 0. The van der Waals surface area contributed by atoms with Gasteiger partial charge in [0.15, 0.2) is 0 Å². The van der Waals surface area contributed by atoms with E-state index in [2.05, 4.69) is 0 Å². The van der Waals surface area contributed by atoms with E-state index in [1.54, 1.807) is 25.1 Å². The predicted molar refractivity (Wildman–Crippen MR) is 86.8 cm³/mol. The van der Waals surface area contributed by atoms with Gasteiger partial charge in [-0.2, -0.15) is 0 Å². The zero-order valence-electron chi connectivity index (χ0n) is 12.3. The molecular formula is C15H16NO4S2-. The molecule has 0 aliphatic carbocycles. The molecule has 1 aromatic heterocycles. The van der Waals surface area contributed by atoms with Crippen LogP contribution in [0.4, 0.5) is 0 Å². The molecule has 0 bridgehead atoms. The topological polar surface area (TPSA) is 73.6 Å². The molecule has 1 atom stereocenters. The molecule has 1 fully saturated rings. The van der Waals surface area contributed by atoms with Gasteiger partial charge in [0.1, 0.15) is 15.8 Å². The lowest BCUT2D eigenvalue weighted by atomic mass is 10.1. The molecule has 1 aromatic rings. The van der Waals surface area contributed by atoms with Crippen LogP contribution >= 0.6 is 24.0 Å². The number of aryl methyl sites for hydroxylation is 1. The van der Waals surface area contributed by atoms with E-state index in [1.807, 2.05) is 6.92 Å². The lowest BCUT2D eigenvalue weighted by Gasteiger charge is -2.27. The molecule has 0 spiro atoms. The summed E-state index contributed by atoms with van der Waals surface area (Å²) in [5.74, 6) is -0.414. The third kappa shape index (κ3) is 3.59. The maximum Gasteiger partial charge on any atom is 0.266 e. The largest absolute Gasteiger partial charge is 0.548 e. The second kappa shape index (κ2) is 7.11. The highest BCUT2D eigenvalue weighted by Gasteiger charge is 2.37. The number of thioether (sulfide) groups is 1. The van der Waals surface area contributed by atoms with E-state index >= 15 is 0 Å². The quantitative estimate of drug-likeness (QED) is 0.584. The van der Waals surface area contributed by atoms with Crippen molar-refractivity contribution in [1.82, 2.24) is 4.90 Å². The van der Waals surface area contributed by atoms with Crippen LogP contribution in [0.1, 0.15) is 37.7 Å². The first-order chi connectivity index (χ1) is 10.4. The van der Waals surface area contributed by atoms with Crippen molar-refractivity contribution in [2.45, 2.75) is 39.2 Å². The first-order valence-corrected chi connectivity index (χ1v) is 8.21. The molecule has 5 nitrogen and oxygen atoms in total. The van der Waals surface area contributed by atoms with Crippen LogP contribution in [-0.2, 0) is 9.59 Å². The van der Waals surface area contributed by atoms with Gasteiger partial charge < -0.3 is 14.3 Å². The van der Waals surface area contributed by atoms with Crippen LogP contribution in [0, 0.1) is 6.92 Å². The predicted octanol–water partition coefficient (Wildman–Crippen LogP) is 2.10. The summed E-state index contributed by atoms with van der Waals surface area (Å²) in [7, 11) is 0. The summed E-state index contributed by atoms with van der Waals surface area (Å²) in [6.07, 6.45) is 3.43. The minimum absolute atomic E-state index is 0.241. The Labute approximate surface area is 138 Å². The van der Waals surface area contributed by atoms with Gasteiger partial charge in [-0.15, -0.1) is 0 Å². The van der Waals surface area contributed by atoms with Crippen LogP contribution in [-0.4, -0.2) is 27.1 Å². The minimum atomic E-state index is -1.28. The fourth-order valence-corrected chi connectivity index (χ4v) is 3.50. The fourth-order valence-electron chi connectivity index (χ4n) is 2.16. The van der Waals surface area contributed by atoms with Gasteiger partial charge in [-0.05, 0) is 25.5 Å². The third-order valence-corrected chi connectivity index (χ3v) is 4.60. The third-order valence-electron chi connectivity index (χ3n) is 3.27. The summed E-state index contributed by atoms with van der Waals surface area (Å²) in [6, 6.07) is 2.52. The van der Waals surface area contributed by atoms with Crippen LogP contribution in [0.15, 0.2) is 21.5 Å². The Kier molecular flexibility index (Phi) is 5.42. The average molecular weight is 338 g/mol. The van der Waals surface area contributed by atoms with Gasteiger partial charge in [-0.3, -0.25) is 9.69 Å². The summed E-state index contributed by atoms with van der Waals surface area (Å²) < 4.78 is 5.65. The summed E-state index contributed by atoms with van der Waals surface area (Å²) in [6.45, 7) is 3.76. The Bertz CT molecular complexity index is 635. The molecule has 2 rings (SSSR count). The number of carboxylic acid groups (broad SMARTS) is 1. The van der Waals surface area contributed by atoms with Crippen LogP contribution in [0.25, 0.3) is 6.08 Å². The van der Waals surface area contributed by atoms with Crippen LogP contribution in [0.2, 0.25) is 0 Å². The van der Waals surface area contributed by atoms with Gasteiger partial charge in [-0.25, -0.2) is 0 Å². The molecule has 1 saturated heterocycles.